The maximum atomic E-state index is 9.69. The van der Waals surface area contributed by atoms with Crippen LogP contribution >= 0.6 is 0 Å². The average Bonchev–Trinajstić information content (AvgIpc) is 3.16. The first kappa shape index (κ1) is 27.6. The molecule has 9 aromatic rings. The van der Waals surface area contributed by atoms with E-state index >= 15 is 0 Å². The van der Waals surface area contributed by atoms with E-state index in [-0.39, 0.29) is 0 Å². The van der Waals surface area contributed by atoms with Gasteiger partial charge in [-0.2, -0.15) is 10.5 Å². The quantitative estimate of drug-likeness (QED) is 0.148. The Morgan fingerprint density at radius 2 is 0.708 bits per heavy atom. The molecule has 0 atom stereocenters. The lowest BCUT2D eigenvalue weighted by molar-refractivity contribution is 1.45. The van der Waals surface area contributed by atoms with E-state index in [9.17, 15) is 10.5 Å². The highest BCUT2D eigenvalue weighted by molar-refractivity contribution is 6.27. The van der Waals surface area contributed by atoms with Crippen molar-refractivity contribution in [3.63, 3.8) is 0 Å². The van der Waals surface area contributed by atoms with Gasteiger partial charge in [0.1, 0.15) is 0 Å². The van der Waals surface area contributed by atoms with Gasteiger partial charge in [0, 0.05) is 0 Å². The van der Waals surface area contributed by atoms with Gasteiger partial charge in [-0.3, -0.25) is 0 Å². The summed E-state index contributed by atoms with van der Waals surface area (Å²) in [5.41, 5.74) is 7.63. The molecule has 0 radical (unpaired) electrons. The lowest BCUT2D eigenvalue weighted by atomic mass is 9.82. The number of fused-ring (bicyclic) bond motifs is 6. The standard InChI is InChI=1S/C46H26N2/c47-27-29-23-30(28-48)25-32(24-29)34-21-22-43(37-15-5-3-14-36(34)37)45-39-17-7-9-19-41(39)46(42-20-10-8-18-40(42)45)44-26-31-11-1-2-12-33(31)35-13-4-6-16-38(35)44/h1-26H. The van der Waals surface area contributed by atoms with Gasteiger partial charge in [-0.15, -0.1) is 0 Å². The molecule has 9 aromatic carbocycles. The van der Waals surface area contributed by atoms with Crippen LogP contribution in [-0.4, -0.2) is 0 Å². The molecule has 2 heteroatoms. The molecular formula is C46H26N2. The van der Waals surface area contributed by atoms with Crippen molar-refractivity contribution in [3.05, 3.63) is 169 Å². The van der Waals surface area contributed by atoms with E-state index in [0.29, 0.717) is 11.1 Å². The third-order valence-corrected chi connectivity index (χ3v) is 9.66. The van der Waals surface area contributed by atoms with Crippen LogP contribution in [0.5, 0.6) is 0 Å². The van der Waals surface area contributed by atoms with Gasteiger partial charge < -0.3 is 0 Å². The molecule has 0 saturated heterocycles. The Hall–Kier alpha value is -6.74. The first-order valence-electron chi connectivity index (χ1n) is 16.1. The molecule has 0 N–H and O–H groups in total. The van der Waals surface area contributed by atoms with E-state index in [0.717, 1.165) is 27.5 Å². The molecule has 0 saturated carbocycles. The summed E-state index contributed by atoms with van der Waals surface area (Å²) in [7, 11) is 0. The Kier molecular flexibility index (Phi) is 6.29. The summed E-state index contributed by atoms with van der Waals surface area (Å²) in [6, 6.07) is 60.0. The molecule has 0 heterocycles. The Balaban J connectivity index is 1.39. The van der Waals surface area contributed by atoms with Gasteiger partial charge >= 0.3 is 0 Å². The number of benzene rings is 9. The monoisotopic (exact) mass is 606 g/mol. The van der Waals surface area contributed by atoms with Gasteiger partial charge in [-0.1, -0.05) is 133 Å². The molecule has 220 valence electrons. The normalized spacial score (nSPS) is 11.3. The fourth-order valence-electron chi connectivity index (χ4n) is 7.65. The highest BCUT2D eigenvalue weighted by atomic mass is 14.3. The zero-order chi connectivity index (χ0) is 32.2. The molecule has 2 nitrogen and oxygen atoms in total. The third-order valence-electron chi connectivity index (χ3n) is 9.66. The fraction of sp³-hybridized carbons (Fsp3) is 0. The van der Waals surface area contributed by atoms with E-state index < -0.39 is 0 Å². The minimum atomic E-state index is 0.478. The Labute approximate surface area is 278 Å². The second-order valence-corrected chi connectivity index (χ2v) is 12.3. The van der Waals surface area contributed by atoms with Crippen LogP contribution in [0, 0.1) is 22.7 Å². The SMILES string of the molecule is N#Cc1cc(C#N)cc(-c2ccc(-c3c4ccccc4c(-c4cc5ccccc5c5ccccc45)c4ccccc34)c3ccccc23)c1. The third kappa shape index (κ3) is 4.18. The predicted octanol–water partition coefficient (Wildman–Crippen LogP) is 12.2. The van der Waals surface area contributed by atoms with Crippen molar-refractivity contribution in [1.29, 1.82) is 10.5 Å². The van der Waals surface area contributed by atoms with Crippen LogP contribution in [0.4, 0.5) is 0 Å². The van der Waals surface area contributed by atoms with Crippen LogP contribution in [0.2, 0.25) is 0 Å². The molecule has 0 spiro atoms. The van der Waals surface area contributed by atoms with Crippen molar-refractivity contribution >= 4 is 53.9 Å². The first-order chi connectivity index (χ1) is 23.7. The van der Waals surface area contributed by atoms with Crippen molar-refractivity contribution in [2.45, 2.75) is 0 Å². The minimum absolute atomic E-state index is 0.478. The fourth-order valence-corrected chi connectivity index (χ4v) is 7.65. The maximum absolute atomic E-state index is 9.69. The molecule has 0 aliphatic rings. The van der Waals surface area contributed by atoms with Gasteiger partial charge in [0.2, 0.25) is 0 Å². The highest BCUT2D eigenvalue weighted by Gasteiger charge is 2.20. The second-order valence-electron chi connectivity index (χ2n) is 12.3. The average molecular weight is 607 g/mol. The van der Waals surface area contributed by atoms with E-state index in [1.54, 1.807) is 6.07 Å². The maximum Gasteiger partial charge on any atom is 0.0992 e. The smallest absolute Gasteiger partial charge is 0.0992 e. The van der Waals surface area contributed by atoms with Crippen LogP contribution in [-0.2, 0) is 0 Å². The topological polar surface area (TPSA) is 47.6 Å². The number of hydrogen-bond acceptors (Lipinski definition) is 2. The molecule has 9 rings (SSSR count). The van der Waals surface area contributed by atoms with Gasteiger partial charge in [-0.25, -0.2) is 0 Å². The van der Waals surface area contributed by atoms with Crippen LogP contribution in [0.15, 0.2) is 158 Å². The summed E-state index contributed by atoms with van der Waals surface area (Å²) >= 11 is 0. The molecular weight excluding hydrogens is 581 g/mol. The van der Waals surface area contributed by atoms with E-state index in [1.807, 2.05) is 12.1 Å². The summed E-state index contributed by atoms with van der Waals surface area (Å²) in [5.74, 6) is 0. The van der Waals surface area contributed by atoms with E-state index in [1.165, 1.54) is 59.8 Å². The lowest BCUT2D eigenvalue weighted by Crippen LogP contribution is -1.93. The predicted molar refractivity (Wildman–Crippen MR) is 200 cm³/mol. The highest BCUT2D eigenvalue weighted by Crippen LogP contribution is 2.48. The largest absolute Gasteiger partial charge is 0.192 e. The Morgan fingerprint density at radius 3 is 1.25 bits per heavy atom. The van der Waals surface area contributed by atoms with Crippen molar-refractivity contribution in [1.82, 2.24) is 0 Å². The first-order valence-corrected chi connectivity index (χ1v) is 16.1. The number of rotatable bonds is 3. The minimum Gasteiger partial charge on any atom is -0.192 e. The zero-order valence-corrected chi connectivity index (χ0v) is 25.9. The van der Waals surface area contributed by atoms with Crippen LogP contribution in [0.1, 0.15) is 11.1 Å². The number of nitriles is 2. The molecule has 0 unspecified atom stereocenters. The van der Waals surface area contributed by atoms with Crippen molar-refractivity contribution in [2.24, 2.45) is 0 Å². The van der Waals surface area contributed by atoms with Gasteiger partial charge in [-0.05, 0) is 112 Å². The van der Waals surface area contributed by atoms with Gasteiger partial charge in [0.15, 0.2) is 0 Å². The Bertz CT molecular complexity index is 2780. The number of hydrogen-bond donors (Lipinski definition) is 0. The van der Waals surface area contributed by atoms with Crippen LogP contribution in [0.3, 0.4) is 0 Å². The summed E-state index contributed by atoms with van der Waals surface area (Å²) < 4.78 is 0. The molecule has 48 heavy (non-hydrogen) atoms. The summed E-state index contributed by atoms with van der Waals surface area (Å²) in [6.07, 6.45) is 0. The van der Waals surface area contributed by atoms with Crippen LogP contribution < -0.4 is 0 Å². The molecule has 0 fully saturated rings. The van der Waals surface area contributed by atoms with Crippen LogP contribution in [0.25, 0.3) is 87.2 Å². The molecule has 0 aromatic heterocycles. The van der Waals surface area contributed by atoms with E-state index in [2.05, 4.69) is 152 Å². The summed E-state index contributed by atoms with van der Waals surface area (Å²) in [4.78, 5) is 0. The second kappa shape index (κ2) is 11.0. The summed E-state index contributed by atoms with van der Waals surface area (Å²) in [6.45, 7) is 0. The zero-order valence-electron chi connectivity index (χ0n) is 25.9. The summed E-state index contributed by atoms with van der Waals surface area (Å²) in [5, 5.41) is 31.4. The lowest BCUT2D eigenvalue weighted by Gasteiger charge is -2.21. The molecule has 0 bridgehead atoms. The van der Waals surface area contributed by atoms with Crippen molar-refractivity contribution < 1.29 is 0 Å². The van der Waals surface area contributed by atoms with Gasteiger partial charge in [0.25, 0.3) is 0 Å². The van der Waals surface area contributed by atoms with Gasteiger partial charge in [0.05, 0.1) is 23.3 Å². The molecule has 0 aliphatic carbocycles. The van der Waals surface area contributed by atoms with Crippen molar-refractivity contribution in [2.75, 3.05) is 0 Å². The molecule has 0 amide bonds. The number of nitrogens with zero attached hydrogens (tertiary/aromatic N) is 2. The Morgan fingerprint density at radius 1 is 0.312 bits per heavy atom. The van der Waals surface area contributed by atoms with Crippen molar-refractivity contribution in [3.8, 4) is 45.5 Å². The van der Waals surface area contributed by atoms with E-state index in [4.69, 9.17) is 0 Å². The molecule has 0 aliphatic heterocycles.